The zero-order valence-corrected chi connectivity index (χ0v) is 14.8. The SMILES string of the molecule is CCCCCCCCCC(NCC)c1sccc1Br. The first-order valence-electron chi connectivity index (χ1n) is 7.75. The fourth-order valence-electron chi connectivity index (χ4n) is 2.43. The van der Waals surface area contributed by atoms with Gasteiger partial charge in [-0.15, -0.1) is 11.3 Å². The molecule has 1 nitrogen and oxygen atoms in total. The second kappa shape index (κ2) is 10.9. The molecule has 1 heterocycles. The Morgan fingerprint density at radius 3 is 2.37 bits per heavy atom. The minimum absolute atomic E-state index is 0.537. The maximum absolute atomic E-state index is 3.66. The number of thiophene rings is 1. The van der Waals surface area contributed by atoms with Crippen LogP contribution in [0, 0.1) is 0 Å². The first-order chi connectivity index (χ1) is 9.29. The number of hydrogen-bond acceptors (Lipinski definition) is 2. The van der Waals surface area contributed by atoms with Crippen LogP contribution in [0.5, 0.6) is 0 Å². The quantitative estimate of drug-likeness (QED) is 0.464. The molecule has 0 aliphatic rings. The predicted molar refractivity (Wildman–Crippen MR) is 91.0 cm³/mol. The monoisotopic (exact) mass is 345 g/mol. The Labute approximate surface area is 131 Å². The molecule has 3 heteroatoms. The van der Waals surface area contributed by atoms with Gasteiger partial charge in [0.05, 0.1) is 0 Å². The summed E-state index contributed by atoms with van der Waals surface area (Å²) >= 11 is 5.52. The normalized spacial score (nSPS) is 12.8. The molecule has 0 saturated heterocycles. The highest BCUT2D eigenvalue weighted by atomic mass is 79.9. The van der Waals surface area contributed by atoms with Gasteiger partial charge in [0.1, 0.15) is 0 Å². The summed E-state index contributed by atoms with van der Waals surface area (Å²) in [5, 5.41) is 5.79. The molecule has 1 N–H and O–H groups in total. The van der Waals surface area contributed by atoms with Gasteiger partial charge in [-0.1, -0.05) is 58.8 Å². The van der Waals surface area contributed by atoms with Crippen molar-refractivity contribution in [1.29, 1.82) is 0 Å². The highest BCUT2D eigenvalue weighted by Crippen LogP contribution is 2.32. The molecule has 19 heavy (non-hydrogen) atoms. The van der Waals surface area contributed by atoms with Gasteiger partial charge in [0.2, 0.25) is 0 Å². The summed E-state index contributed by atoms with van der Waals surface area (Å²) in [7, 11) is 0. The van der Waals surface area contributed by atoms with Crippen molar-refractivity contribution in [2.75, 3.05) is 6.54 Å². The number of nitrogens with one attached hydrogen (secondary N) is 1. The van der Waals surface area contributed by atoms with E-state index in [1.165, 1.54) is 60.7 Å². The number of halogens is 1. The van der Waals surface area contributed by atoms with E-state index in [-0.39, 0.29) is 0 Å². The maximum atomic E-state index is 3.66. The Morgan fingerprint density at radius 1 is 1.11 bits per heavy atom. The van der Waals surface area contributed by atoms with Crippen molar-refractivity contribution in [1.82, 2.24) is 5.32 Å². The van der Waals surface area contributed by atoms with E-state index < -0.39 is 0 Å². The van der Waals surface area contributed by atoms with Gasteiger partial charge in [-0.25, -0.2) is 0 Å². The Hall–Kier alpha value is 0.140. The van der Waals surface area contributed by atoms with Crippen LogP contribution in [-0.4, -0.2) is 6.54 Å². The van der Waals surface area contributed by atoms with Crippen LogP contribution in [0.1, 0.15) is 76.1 Å². The third kappa shape index (κ3) is 6.92. The zero-order valence-electron chi connectivity index (χ0n) is 12.4. The molecule has 1 unspecified atom stereocenters. The van der Waals surface area contributed by atoms with Crippen LogP contribution in [0.4, 0.5) is 0 Å². The molecule has 1 rings (SSSR count). The molecular weight excluding hydrogens is 318 g/mol. The van der Waals surface area contributed by atoms with Crippen molar-refractivity contribution in [2.45, 2.75) is 71.3 Å². The lowest BCUT2D eigenvalue weighted by Gasteiger charge is -2.17. The second-order valence-electron chi connectivity index (χ2n) is 5.15. The molecule has 0 radical (unpaired) electrons. The van der Waals surface area contributed by atoms with E-state index in [1.54, 1.807) is 0 Å². The van der Waals surface area contributed by atoms with Crippen LogP contribution in [0.15, 0.2) is 15.9 Å². The molecule has 0 aromatic carbocycles. The fraction of sp³-hybridized carbons (Fsp3) is 0.750. The molecular formula is C16H28BrNS. The highest BCUT2D eigenvalue weighted by molar-refractivity contribution is 9.10. The Morgan fingerprint density at radius 2 is 1.79 bits per heavy atom. The standard InChI is InChI=1S/C16H28BrNS/c1-3-5-6-7-8-9-10-11-15(18-4-2)16-14(17)12-13-19-16/h12-13,15,18H,3-11H2,1-2H3. The van der Waals surface area contributed by atoms with Crippen molar-refractivity contribution < 1.29 is 0 Å². The van der Waals surface area contributed by atoms with E-state index in [4.69, 9.17) is 0 Å². The highest BCUT2D eigenvalue weighted by Gasteiger charge is 2.14. The third-order valence-corrected chi connectivity index (χ3v) is 5.49. The largest absolute Gasteiger partial charge is 0.309 e. The van der Waals surface area contributed by atoms with Crippen LogP contribution in [0.2, 0.25) is 0 Å². The average Bonchev–Trinajstić information content (AvgIpc) is 2.82. The van der Waals surface area contributed by atoms with Gasteiger partial charge in [-0.2, -0.15) is 0 Å². The van der Waals surface area contributed by atoms with Gasteiger partial charge >= 0.3 is 0 Å². The molecule has 110 valence electrons. The summed E-state index contributed by atoms with van der Waals surface area (Å²) in [5.74, 6) is 0. The van der Waals surface area contributed by atoms with Crippen LogP contribution in [0.3, 0.4) is 0 Å². The predicted octanol–water partition coefficient (Wildman–Crippen LogP) is 6.30. The second-order valence-corrected chi connectivity index (χ2v) is 6.96. The Bertz CT molecular complexity index is 324. The van der Waals surface area contributed by atoms with Gasteiger partial charge in [0.25, 0.3) is 0 Å². The molecule has 0 aliphatic heterocycles. The first kappa shape index (κ1) is 17.2. The number of unbranched alkanes of at least 4 members (excludes halogenated alkanes) is 6. The van der Waals surface area contributed by atoms with Gasteiger partial charge in [-0.05, 0) is 40.3 Å². The average molecular weight is 346 g/mol. The summed E-state index contributed by atoms with van der Waals surface area (Å²) in [5.41, 5.74) is 0. The van der Waals surface area contributed by atoms with E-state index in [0.717, 1.165) is 6.54 Å². The summed E-state index contributed by atoms with van der Waals surface area (Å²) in [6.07, 6.45) is 11.0. The zero-order chi connectivity index (χ0) is 13.9. The Balaban J connectivity index is 2.22. The van der Waals surface area contributed by atoms with Crippen LogP contribution in [-0.2, 0) is 0 Å². The summed E-state index contributed by atoms with van der Waals surface area (Å²) in [4.78, 5) is 1.47. The minimum atomic E-state index is 0.537. The molecule has 0 bridgehead atoms. The van der Waals surface area contributed by atoms with Gasteiger partial charge in [0, 0.05) is 15.4 Å². The number of hydrogen-bond donors (Lipinski definition) is 1. The fourth-order valence-corrected chi connectivity index (χ4v) is 4.19. The number of rotatable bonds is 11. The van der Waals surface area contributed by atoms with Crippen molar-refractivity contribution in [3.63, 3.8) is 0 Å². The Kier molecular flexibility index (Phi) is 9.84. The molecule has 0 aliphatic carbocycles. The third-order valence-electron chi connectivity index (χ3n) is 3.51. The molecule has 0 spiro atoms. The first-order valence-corrected chi connectivity index (χ1v) is 9.43. The van der Waals surface area contributed by atoms with Gasteiger partial charge in [0.15, 0.2) is 0 Å². The van der Waals surface area contributed by atoms with E-state index in [0.29, 0.717) is 6.04 Å². The summed E-state index contributed by atoms with van der Waals surface area (Å²) in [6.45, 7) is 5.52. The molecule has 1 atom stereocenters. The van der Waals surface area contributed by atoms with Gasteiger partial charge in [-0.3, -0.25) is 0 Å². The molecule has 0 fully saturated rings. The molecule has 0 saturated carbocycles. The summed E-state index contributed by atoms with van der Waals surface area (Å²) in [6, 6.07) is 2.70. The van der Waals surface area contributed by atoms with E-state index in [1.807, 2.05) is 11.3 Å². The topological polar surface area (TPSA) is 12.0 Å². The van der Waals surface area contributed by atoms with E-state index >= 15 is 0 Å². The smallest absolute Gasteiger partial charge is 0.0426 e. The van der Waals surface area contributed by atoms with Crippen molar-refractivity contribution in [3.8, 4) is 0 Å². The van der Waals surface area contributed by atoms with E-state index in [9.17, 15) is 0 Å². The minimum Gasteiger partial charge on any atom is -0.309 e. The van der Waals surface area contributed by atoms with Gasteiger partial charge < -0.3 is 5.32 Å². The van der Waals surface area contributed by atoms with Crippen LogP contribution < -0.4 is 5.32 Å². The lowest BCUT2D eigenvalue weighted by atomic mass is 10.0. The van der Waals surface area contributed by atoms with Crippen molar-refractivity contribution in [2.24, 2.45) is 0 Å². The van der Waals surface area contributed by atoms with Crippen molar-refractivity contribution >= 4 is 27.3 Å². The van der Waals surface area contributed by atoms with E-state index in [2.05, 4.69) is 46.5 Å². The van der Waals surface area contributed by atoms with Crippen LogP contribution in [0.25, 0.3) is 0 Å². The summed E-state index contributed by atoms with van der Waals surface area (Å²) < 4.78 is 1.27. The molecule has 0 amide bonds. The van der Waals surface area contributed by atoms with Crippen molar-refractivity contribution in [3.05, 3.63) is 20.8 Å². The molecule has 1 aromatic rings. The lowest BCUT2D eigenvalue weighted by molar-refractivity contribution is 0.480. The molecule has 1 aromatic heterocycles. The lowest BCUT2D eigenvalue weighted by Crippen LogP contribution is -2.20. The maximum Gasteiger partial charge on any atom is 0.0426 e. The van der Waals surface area contributed by atoms with Crippen LogP contribution >= 0.6 is 27.3 Å².